The zero-order valence-electron chi connectivity index (χ0n) is 17.0. The molecule has 0 unspecified atom stereocenters. The quantitative estimate of drug-likeness (QED) is 0.327. The van der Waals surface area contributed by atoms with Gasteiger partial charge in [-0.05, 0) is 35.4 Å². The molecule has 0 amide bonds. The Morgan fingerprint density at radius 3 is 2.39 bits per heavy atom. The molecular weight excluding hydrogens is 477 g/mol. The topological polar surface area (TPSA) is 55.8 Å². The molecule has 4 nitrogen and oxygen atoms in total. The molecule has 33 heavy (non-hydrogen) atoms. The van der Waals surface area contributed by atoms with E-state index in [4.69, 9.17) is 21.4 Å². The minimum Gasteiger partial charge on any atom is -0.482 e. The van der Waals surface area contributed by atoms with Crippen molar-refractivity contribution in [1.82, 2.24) is 0 Å². The maximum absolute atomic E-state index is 12.9. The molecule has 0 saturated heterocycles. The van der Waals surface area contributed by atoms with Gasteiger partial charge in [-0.2, -0.15) is 0 Å². The number of carboxylic acids is 1. The monoisotopic (exact) mass is 494 g/mol. The average Bonchev–Trinajstić information content (AvgIpc) is 2.77. The van der Waals surface area contributed by atoms with Crippen LogP contribution in [0.1, 0.15) is 11.1 Å². The SMILES string of the molecule is O=C(O)COc1ccc(SCC=C(c2ccccc2)c2ccccc2OC(F)(F)F)c(Cl)c1. The largest absolute Gasteiger partial charge is 0.573 e. The van der Waals surface area contributed by atoms with Crippen LogP contribution in [0.4, 0.5) is 13.2 Å². The van der Waals surface area contributed by atoms with Crippen molar-refractivity contribution in [3.8, 4) is 11.5 Å². The van der Waals surface area contributed by atoms with Crippen LogP contribution >= 0.6 is 23.4 Å². The lowest BCUT2D eigenvalue weighted by Gasteiger charge is -2.16. The number of para-hydroxylation sites is 1. The fraction of sp³-hybridized carbons (Fsp3) is 0.125. The van der Waals surface area contributed by atoms with Crippen LogP contribution in [0.2, 0.25) is 5.02 Å². The van der Waals surface area contributed by atoms with E-state index < -0.39 is 18.9 Å². The molecule has 9 heteroatoms. The Morgan fingerprint density at radius 1 is 1.03 bits per heavy atom. The number of hydrogen-bond acceptors (Lipinski definition) is 4. The number of benzene rings is 3. The third-order valence-electron chi connectivity index (χ3n) is 4.28. The van der Waals surface area contributed by atoms with Gasteiger partial charge in [0.15, 0.2) is 6.61 Å². The van der Waals surface area contributed by atoms with Gasteiger partial charge >= 0.3 is 12.3 Å². The normalized spacial score (nSPS) is 11.8. The van der Waals surface area contributed by atoms with Crippen molar-refractivity contribution in [3.63, 3.8) is 0 Å². The van der Waals surface area contributed by atoms with E-state index in [1.54, 1.807) is 36.4 Å². The molecule has 1 N–H and O–H groups in total. The van der Waals surface area contributed by atoms with Gasteiger partial charge in [0.1, 0.15) is 11.5 Å². The summed E-state index contributed by atoms with van der Waals surface area (Å²) in [6.45, 7) is -0.481. The highest BCUT2D eigenvalue weighted by molar-refractivity contribution is 7.99. The van der Waals surface area contributed by atoms with E-state index >= 15 is 0 Å². The highest BCUT2D eigenvalue weighted by Gasteiger charge is 2.32. The standard InChI is InChI=1S/C24H18ClF3O4S/c25-20-14-17(31-15-23(29)30)10-11-22(20)33-13-12-18(16-6-2-1-3-7-16)19-8-4-5-9-21(19)32-24(26,27)28/h1-12,14H,13,15H2,(H,29,30). The number of halogens is 4. The van der Waals surface area contributed by atoms with Gasteiger partial charge in [-0.15, -0.1) is 24.9 Å². The molecule has 0 heterocycles. The molecule has 0 saturated carbocycles. The van der Waals surface area contributed by atoms with Crippen molar-refractivity contribution >= 4 is 34.9 Å². The van der Waals surface area contributed by atoms with Crippen LogP contribution in [0.15, 0.2) is 83.8 Å². The highest BCUT2D eigenvalue weighted by Crippen LogP contribution is 2.36. The smallest absolute Gasteiger partial charge is 0.482 e. The summed E-state index contributed by atoms with van der Waals surface area (Å²) < 4.78 is 48.2. The predicted octanol–water partition coefficient (Wildman–Crippen LogP) is 6.93. The summed E-state index contributed by atoms with van der Waals surface area (Å²) in [4.78, 5) is 11.3. The summed E-state index contributed by atoms with van der Waals surface area (Å²) in [5.41, 5.74) is 1.63. The summed E-state index contributed by atoms with van der Waals surface area (Å²) in [6, 6.07) is 19.8. The fourth-order valence-corrected chi connectivity index (χ4v) is 4.08. The lowest BCUT2D eigenvalue weighted by atomic mass is 9.97. The van der Waals surface area contributed by atoms with Crippen molar-refractivity contribution in [2.75, 3.05) is 12.4 Å². The van der Waals surface area contributed by atoms with Gasteiger partial charge in [0.05, 0.1) is 5.02 Å². The molecule has 0 aliphatic carbocycles. The third-order valence-corrected chi connectivity index (χ3v) is 5.70. The number of aliphatic carboxylic acids is 1. The third kappa shape index (κ3) is 7.47. The van der Waals surface area contributed by atoms with E-state index in [0.29, 0.717) is 32.6 Å². The molecule has 3 rings (SSSR count). The average molecular weight is 495 g/mol. The summed E-state index contributed by atoms with van der Waals surface area (Å²) >= 11 is 7.65. The van der Waals surface area contributed by atoms with Crippen molar-refractivity contribution in [2.24, 2.45) is 0 Å². The lowest BCUT2D eigenvalue weighted by molar-refractivity contribution is -0.274. The number of thioether (sulfide) groups is 1. The van der Waals surface area contributed by atoms with Crippen LogP contribution in [0.3, 0.4) is 0 Å². The predicted molar refractivity (Wildman–Crippen MR) is 122 cm³/mol. The summed E-state index contributed by atoms with van der Waals surface area (Å²) in [7, 11) is 0. The van der Waals surface area contributed by atoms with Crippen LogP contribution in [-0.2, 0) is 4.79 Å². The number of carboxylic acid groups (broad SMARTS) is 1. The van der Waals surface area contributed by atoms with Crippen LogP contribution in [0.25, 0.3) is 5.57 Å². The molecule has 172 valence electrons. The molecule has 0 aliphatic heterocycles. The zero-order chi connectivity index (χ0) is 23.8. The van der Waals surface area contributed by atoms with Gasteiger partial charge in [-0.1, -0.05) is 66.2 Å². The van der Waals surface area contributed by atoms with Gasteiger partial charge in [-0.3, -0.25) is 0 Å². The van der Waals surface area contributed by atoms with E-state index in [1.807, 2.05) is 24.3 Å². The Balaban J connectivity index is 1.86. The van der Waals surface area contributed by atoms with Gasteiger partial charge in [0.2, 0.25) is 0 Å². The van der Waals surface area contributed by atoms with Crippen LogP contribution in [0.5, 0.6) is 11.5 Å². The summed E-state index contributed by atoms with van der Waals surface area (Å²) in [5, 5.41) is 9.07. The second kappa shape index (κ2) is 11.2. The Morgan fingerprint density at radius 2 is 1.73 bits per heavy atom. The molecule has 3 aromatic carbocycles. The number of rotatable bonds is 9. The van der Waals surface area contributed by atoms with Crippen molar-refractivity contribution in [2.45, 2.75) is 11.3 Å². The van der Waals surface area contributed by atoms with E-state index in [-0.39, 0.29) is 5.75 Å². The lowest BCUT2D eigenvalue weighted by Crippen LogP contribution is -2.18. The summed E-state index contributed by atoms with van der Waals surface area (Å²) in [5.74, 6) is -0.661. The molecule has 0 atom stereocenters. The molecule has 0 spiro atoms. The van der Waals surface area contributed by atoms with E-state index in [2.05, 4.69) is 4.74 Å². The fourth-order valence-electron chi connectivity index (χ4n) is 2.95. The van der Waals surface area contributed by atoms with Crippen molar-refractivity contribution in [3.05, 3.63) is 95.0 Å². The zero-order valence-corrected chi connectivity index (χ0v) is 18.6. The number of alkyl halides is 3. The van der Waals surface area contributed by atoms with E-state index in [9.17, 15) is 18.0 Å². The maximum Gasteiger partial charge on any atom is 0.573 e. The van der Waals surface area contributed by atoms with Crippen LogP contribution < -0.4 is 9.47 Å². The number of hydrogen-bond donors (Lipinski definition) is 1. The first-order valence-corrected chi connectivity index (χ1v) is 11.0. The van der Waals surface area contributed by atoms with Crippen LogP contribution in [-0.4, -0.2) is 29.8 Å². The summed E-state index contributed by atoms with van der Waals surface area (Å²) in [6.07, 6.45) is -3.01. The van der Waals surface area contributed by atoms with Crippen molar-refractivity contribution < 1.29 is 32.5 Å². The van der Waals surface area contributed by atoms with Gasteiger partial charge in [-0.25, -0.2) is 4.79 Å². The van der Waals surface area contributed by atoms with Gasteiger partial charge < -0.3 is 14.6 Å². The van der Waals surface area contributed by atoms with E-state index in [1.165, 1.54) is 30.0 Å². The van der Waals surface area contributed by atoms with Crippen LogP contribution in [0, 0.1) is 0 Å². The molecule has 0 bridgehead atoms. The Kier molecular flexibility index (Phi) is 8.30. The first-order chi connectivity index (χ1) is 15.7. The first-order valence-electron chi connectivity index (χ1n) is 9.60. The Hall–Kier alpha value is -3.10. The Labute approximate surface area is 197 Å². The number of ether oxygens (including phenoxy) is 2. The van der Waals surface area contributed by atoms with Crippen molar-refractivity contribution in [1.29, 1.82) is 0 Å². The number of carbonyl (C=O) groups is 1. The second-order valence-electron chi connectivity index (χ2n) is 6.61. The second-order valence-corrected chi connectivity index (χ2v) is 8.08. The van der Waals surface area contributed by atoms with E-state index in [0.717, 1.165) is 5.56 Å². The molecule has 0 aliphatic rings. The molecule has 0 fully saturated rings. The minimum absolute atomic E-state index is 0.289. The molecule has 3 aromatic rings. The highest BCUT2D eigenvalue weighted by atomic mass is 35.5. The maximum atomic E-state index is 12.9. The van der Waals surface area contributed by atoms with Gasteiger partial charge in [0.25, 0.3) is 0 Å². The molecule has 0 aromatic heterocycles. The minimum atomic E-state index is -4.81. The van der Waals surface area contributed by atoms with Gasteiger partial charge in [0, 0.05) is 16.2 Å². The first kappa shape index (κ1) is 24.5. The molecule has 0 radical (unpaired) electrons. The molecular formula is C24H18ClF3O4S. The Bertz CT molecular complexity index is 1130.